The molecule has 0 bridgehead atoms. The van der Waals surface area contributed by atoms with Gasteiger partial charge in [-0.15, -0.1) is 11.3 Å². The standard InChI is InChI=1S/C18H15ClFNO2S/c19-17-11-13(20)5-6-16(17)18(22)21(12-14-3-1-9-23-14)8-7-15-4-2-10-24-15/h1-6,9-11H,7-8,12H2. The first-order valence-corrected chi connectivity index (χ1v) is 8.68. The lowest BCUT2D eigenvalue weighted by Gasteiger charge is -2.22. The van der Waals surface area contributed by atoms with E-state index in [1.54, 1.807) is 28.6 Å². The number of amides is 1. The summed E-state index contributed by atoms with van der Waals surface area (Å²) >= 11 is 7.69. The third-order valence-electron chi connectivity index (χ3n) is 3.58. The smallest absolute Gasteiger partial charge is 0.255 e. The largest absolute Gasteiger partial charge is 0.467 e. The maximum atomic E-state index is 13.2. The van der Waals surface area contributed by atoms with E-state index in [1.807, 2.05) is 23.6 Å². The highest BCUT2D eigenvalue weighted by molar-refractivity contribution is 7.09. The predicted octanol–water partition coefficient (Wildman–Crippen LogP) is 5.02. The SMILES string of the molecule is O=C(c1ccc(F)cc1Cl)N(CCc1cccs1)Cc1ccco1. The van der Waals surface area contributed by atoms with Crippen LogP contribution in [0.15, 0.2) is 58.5 Å². The van der Waals surface area contributed by atoms with Crippen molar-refractivity contribution in [2.45, 2.75) is 13.0 Å². The average molecular weight is 364 g/mol. The maximum absolute atomic E-state index is 13.2. The van der Waals surface area contributed by atoms with Crippen LogP contribution in [0.1, 0.15) is 21.0 Å². The molecule has 0 saturated heterocycles. The Morgan fingerprint density at radius 3 is 2.79 bits per heavy atom. The highest BCUT2D eigenvalue weighted by atomic mass is 35.5. The fraction of sp³-hybridized carbons (Fsp3) is 0.167. The van der Waals surface area contributed by atoms with E-state index in [0.29, 0.717) is 18.8 Å². The molecule has 0 spiro atoms. The van der Waals surface area contributed by atoms with Crippen LogP contribution in [0.2, 0.25) is 5.02 Å². The third kappa shape index (κ3) is 4.04. The van der Waals surface area contributed by atoms with Gasteiger partial charge in [-0.25, -0.2) is 4.39 Å². The molecule has 0 aliphatic rings. The molecule has 3 aromatic rings. The molecule has 24 heavy (non-hydrogen) atoms. The van der Waals surface area contributed by atoms with Crippen molar-refractivity contribution in [2.75, 3.05) is 6.54 Å². The maximum Gasteiger partial charge on any atom is 0.255 e. The fourth-order valence-corrected chi connectivity index (χ4v) is 3.32. The Morgan fingerprint density at radius 2 is 2.12 bits per heavy atom. The van der Waals surface area contributed by atoms with Crippen LogP contribution in [0.25, 0.3) is 0 Å². The van der Waals surface area contributed by atoms with Gasteiger partial charge in [0.1, 0.15) is 11.6 Å². The molecule has 1 aromatic carbocycles. The van der Waals surface area contributed by atoms with Crippen molar-refractivity contribution in [1.82, 2.24) is 4.90 Å². The first-order valence-electron chi connectivity index (χ1n) is 7.42. The van der Waals surface area contributed by atoms with Gasteiger partial charge in [0.15, 0.2) is 0 Å². The average Bonchev–Trinajstić information content (AvgIpc) is 3.24. The van der Waals surface area contributed by atoms with Crippen molar-refractivity contribution in [3.8, 4) is 0 Å². The normalized spacial score (nSPS) is 10.8. The Balaban J connectivity index is 1.80. The van der Waals surface area contributed by atoms with Crippen LogP contribution in [-0.2, 0) is 13.0 Å². The summed E-state index contributed by atoms with van der Waals surface area (Å²) in [6.07, 6.45) is 2.31. The molecule has 0 radical (unpaired) electrons. The van der Waals surface area contributed by atoms with Gasteiger partial charge in [0, 0.05) is 11.4 Å². The number of benzene rings is 1. The monoisotopic (exact) mass is 363 g/mol. The topological polar surface area (TPSA) is 33.5 Å². The Labute approximate surface area is 148 Å². The highest BCUT2D eigenvalue weighted by Crippen LogP contribution is 2.21. The van der Waals surface area contributed by atoms with E-state index >= 15 is 0 Å². The van der Waals surface area contributed by atoms with Crippen LogP contribution in [0.3, 0.4) is 0 Å². The van der Waals surface area contributed by atoms with Gasteiger partial charge < -0.3 is 9.32 Å². The van der Waals surface area contributed by atoms with Crippen molar-refractivity contribution in [3.05, 3.63) is 81.1 Å². The molecule has 3 rings (SSSR count). The quantitative estimate of drug-likeness (QED) is 0.616. The van der Waals surface area contributed by atoms with Gasteiger partial charge >= 0.3 is 0 Å². The van der Waals surface area contributed by atoms with Crippen LogP contribution >= 0.6 is 22.9 Å². The summed E-state index contributed by atoms with van der Waals surface area (Å²) in [5.41, 5.74) is 0.288. The van der Waals surface area contributed by atoms with Gasteiger partial charge in [-0.1, -0.05) is 17.7 Å². The van der Waals surface area contributed by atoms with Gasteiger partial charge in [0.05, 0.1) is 23.4 Å². The zero-order valence-corrected chi connectivity index (χ0v) is 14.3. The molecular formula is C18H15ClFNO2S. The fourth-order valence-electron chi connectivity index (χ4n) is 2.38. The minimum atomic E-state index is -0.465. The third-order valence-corrected chi connectivity index (χ3v) is 4.83. The van der Waals surface area contributed by atoms with E-state index < -0.39 is 5.82 Å². The summed E-state index contributed by atoms with van der Waals surface area (Å²) in [5, 5.41) is 2.12. The van der Waals surface area contributed by atoms with Gasteiger partial charge in [0.2, 0.25) is 0 Å². The number of rotatable bonds is 6. The zero-order valence-electron chi connectivity index (χ0n) is 12.7. The van der Waals surface area contributed by atoms with Crippen molar-refractivity contribution in [1.29, 1.82) is 0 Å². The number of carbonyl (C=O) groups is 1. The van der Waals surface area contributed by atoms with Gasteiger partial charge in [-0.3, -0.25) is 4.79 Å². The summed E-state index contributed by atoms with van der Waals surface area (Å²) in [4.78, 5) is 15.7. The van der Waals surface area contributed by atoms with E-state index in [2.05, 4.69) is 0 Å². The summed E-state index contributed by atoms with van der Waals surface area (Å²) in [7, 11) is 0. The molecule has 0 aliphatic heterocycles. The number of furan rings is 1. The minimum Gasteiger partial charge on any atom is -0.467 e. The van der Waals surface area contributed by atoms with Gasteiger partial charge in [-0.2, -0.15) is 0 Å². The van der Waals surface area contributed by atoms with Crippen molar-refractivity contribution < 1.29 is 13.6 Å². The van der Waals surface area contributed by atoms with Crippen molar-refractivity contribution in [3.63, 3.8) is 0 Å². The number of halogens is 2. The number of hydrogen-bond donors (Lipinski definition) is 0. The Hall–Kier alpha value is -2.11. The summed E-state index contributed by atoms with van der Waals surface area (Å²) in [6, 6.07) is 11.4. The Morgan fingerprint density at radius 1 is 1.25 bits per heavy atom. The molecule has 1 amide bonds. The molecule has 2 aromatic heterocycles. The number of hydrogen-bond acceptors (Lipinski definition) is 3. The van der Waals surface area contributed by atoms with E-state index in [-0.39, 0.29) is 16.5 Å². The van der Waals surface area contributed by atoms with Crippen LogP contribution in [0.5, 0.6) is 0 Å². The molecule has 124 valence electrons. The van der Waals surface area contributed by atoms with Crippen molar-refractivity contribution >= 4 is 28.8 Å². The lowest BCUT2D eigenvalue weighted by molar-refractivity contribution is 0.0734. The van der Waals surface area contributed by atoms with Crippen LogP contribution in [0, 0.1) is 5.82 Å². The molecule has 3 nitrogen and oxygen atoms in total. The highest BCUT2D eigenvalue weighted by Gasteiger charge is 2.20. The van der Waals surface area contributed by atoms with Crippen LogP contribution < -0.4 is 0 Å². The second-order valence-electron chi connectivity index (χ2n) is 5.26. The van der Waals surface area contributed by atoms with E-state index in [0.717, 1.165) is 12.5 Å². The zero-order chi connectivity index (χ0) is 16.9. The van der Waals surface area contributed by atoms with Gasteiger partial charge in [-0.05, 0) is 48.2 Å². The minimum absolute atomic E-state index is 0.112. The first-order chi connectivity index (χ1) is 11.6. The molecule has 0 unspecified atom stereocenters. The molecule has 0 saturated carbocycles. The molecule has 0 aliphatic carbocycles. The lowest BCUT2D eigenvalue weighted by Crippen LogP contribution is -2.32. The molecule has 0 fully saturated rings. The Kier molecular flexibility index (Phi) is 5.33. The second-order valence-corrected chi connectivity index (χ2v) is 6.70. The molecule has 6 heteroatoms. The van der Waals surface area contributed by atoms with Crippen LogP contribution in [0.4, 0.5) is 4.39 Å². The molecular weight excluding hydrogens is 349 g/mol. The van der Waals surface area contributed by atoms with Crippen molar-refractivity contribution in [2.24, 2.45) is 0 Å². The van der Waals surface area contributed by atoms with E-state index in [4.69, 9.17) is 16.0 Å². The van der Waals surface area contributed by atoms with Crippen LogP contribution in [-0.4, -0.2) is 17.4 Å². The molecule has 0 atom stereocenters. The van der Waals surface area contributed by atoms with E-state index in [1.165, 1.54) is 17.0 Å². The van der Waals surface area contributed by atoms with E-state index in [9.17, 15) is 9.18 Å². The lowest BCUT2D eigenvalue weighted by atomic mass is 10.1. The number of nitrogens with zero attached hydrogens (tertiary/aromatic N) is 1. The second kappa shape index (κ2) is 7.64. The summed E-state index contributed by atoms with van der Waals surface area (Å²) < 4.78 is 18.6. The molecule has 2 heterocycles. The van der Waals surface area contributed by atoms with Gasteiger partial charge in [0.25, 0.3) is 5.91 Å². The first kappa shape index (κ1) is 16.7. The Bertz CT molecular complexity index is 803. The summed E-state index contributed by atoms with van der Waals surface area (Å²) in [6.45, 7) is 0.860. The summed E-state index contributed by atoms with van der Waals surface area (Å²) in [5.74, 6) is -0.0200. The molecule has 0 N–H and O–H groups in total. The predicted molar refractivity (Wildman–Crippen MR) is 92.9 cm³/mol. The number of carbonyl (C=O) groups excluding carboxylic acids is 1. The number of thiophene rings is 1.